The van der Waals surface area contributed by atoms with Gasteiger partial charge >= 0.3 is 11.9 Å². The van der Waals surface area contributed by atoms with E-state index in [4.69, 9.17) is 10.2 Å². The SMILES string of the molecule is O=C(O)C(C(=O)O)S(=O)(=O)n1ccnn1. The topological polar surface area (TPSA) is 139 Å². The number of carboxylic acids is 2. The Morgan fingerprint density at radius 3 is 2.13 bits per heavy atom. The summed E-state index contributed by atoms with van der Waals surface area (Å²) in [5.41, 5.74) is 0. The summed E-state index contributed by atoms with van der Waals surface area (Å²) in [6.45, 7) is 0. The van der Waals surface area contributed by atoms with E-state index in [0.717, 1.165) is 12.4 Å². The van der Waals surface area contributed by atoms with Crippen LogP contribution in [0.4, 0.5) is 0 Å². The van der Waals surface area contributed by atoms with E-state index in [1.165, 1.54) is 0 Å². The minimum atomic E-state index is -4.61. The van der Waals surface area contributed by atoms with Gasteiger partial charge in [-0.15, -0.1) is 9.19 Å². The molecule has 0 saturated carbocycles. The van der Waals surface area contributed by atoms with E-state index in [1.54, 1.807) is 0 Å². The fourth-order valence-electron chi connectivity index (χ4n) is 0.802. The Morgan fingerprint density at radius 1 is 1.27 bits per heavy atom. The summed E-state index contributed by atoms with van der Waals surface area (Å²) >= 11 is 0. The molecule has 0 aliphatic rings. The Hall–Kier alpha value is -1.97. The number of aliphatic carboxylic acids is 2. The molecule has 0 aliphatic heterocycles. The first-order valence-electron chi connectivity index (χ1n) is 3.43. The summed E-state index contributed by atoms with van der Waals surface area (Å²) in [5.74, 6) is -3.98. The quantitative estimate of drug-likeness (QED) is 0.570. The van der Waals surface area contributed by atoms with Crippen LogP contribution in [0.15, 0.2) is 12.4 Å². The molecule has 10 heteroatoms. The molecular formula is C5H5N3O6S. The van der Waals surface area contributed by atoms with Gasteiger partial charge in [-0.2, -0.15) is 0 Å². The fourth-order valence-corrected chi connectivity index (χ4v) is 1.90. The van der Waals surface area contributed by atoms with Crippen LogP contribution in [0.5, 0.6) is 0 Å². The Bertz CT molecular complexity index is 463. The number of carbonyl (C=O) groups is 2. The van der Waals surface area contributed by atoms with E-state index >= 15 is 0 Å². The first-order valence-corrected chi connectivity index (χ1v) is 4.94. The summed E-state index contributed by atoms with van der Waals surface area (Å²) in [6.07, 6.45) is 1.83. The second-order valence-electron chi connectivity index (χ2n) is 2.38. The Morgan fingerprint density at radius 2 is 1.80 bits per heavy atom. The fraction of sp³-hybridized carbons (Fsp3) is 0.200. The lowest BCUT2D eigenvalue weighted by Crippen LogP contribution is -2.41. The zero-order valence-electron chi connectivity index (χ0n) is 7.01. The second-order valence-corrected chi connectivity index (χ2v) is 4.25. The van der Waals surface area contributed by atoms with Crippen molar-refractivity contribution in [1.29, 1.82) is 0 Å². The van der Waals surface area contributed by atoms with Gasteiger partial charge in [0.2, 0.25) is 0 Å². The minimum Gasteiger partial charge on any atom is -0.480 e. The van der Waals surface area contributed by atoms with Gasteiger partial charge < -0.3 is 10.2 Å². The smallest absolute Gasteiger partial charge is 0.335 e. The van der Waals surface area contributed by atoms with E-state index in [0.29, 0.717) is 0 Å². The summed E-state index contributed by atoms with van der Waals surface area (Å²) in [5, 5.41) is 20.5. The van der Waals surface area contributed by atoms with Crippen molar-refractivity contribution in [3.63, 3.8) is 0 Å². The molecule has 2 N–H and O–H groups in total. The Labute approximate surface area is 83.0 Å². The molecule has 0 unspecified atom stereocenters. The lowest BCUT2D eigenvalue weighted by molar-refractivity contribution is -0.146. The van der Waals surface area contributed by atoms with Crippen molar-refractivity contribution in [1.82, 2.24) is 14.4 Å². The maximum absolute atomic E-state index is 11.4. The molecule has 0 fully saturated rings. The third kappa shape index (κ3) is 1.93. The van der Waals surface area contributed by atoms with Crippen molar-refractivity contribution in [2.24, 2.45) is 0 Å². The summed E-state index contributed by atoms with van der Waals surface area (Å²) in [6, 6.07) is 0. The number of hydrogen-bond acceptors (Lipinski definition) is 6. The zero-order valence-corrected chi connectivity index (χ0v) is 7.83. The molecule has 0 radical (unpaired) electrons. The third-order valence-electron chi connectivity index (χ3n) is 1.41. The maximum atomic E-state index is 11.4. The largest absolute Gasteiger partial charge is 0.480 e. The van der Waals surface area contributed by atoms with Gasteiger partial charge in [-0.3, -0.25) is 9.59 Å². The van der Waals surface area contributed by atoms with Crippen LogP contribution >= 0.6 is 0 Å². The molecule has 0 atom stereocenters. The first kappa shape index (κ1) is 11.1. The highest BCUT2D eigenvalue weighted by atomic mass is 32.2. The molecule has 1 aromatic rings. The van der Waals surface area contributed by atoms with Crippen LogP contribution < -0.4 is 0 Å². The van der Waals surface area contributed by atoms with E-state index in [2.05, 4.69) is 10.3 Å². The summed E-state index contributed by atoms with van der Waals surface area (Å²) in [7, 11) is -4.61. The molecule has 15 heavy (non-hydrogen) atoms. The normalized spacial score (nSPS) is 11.5. The van der Waals surface area contributed by atoms with Gasteiger partial charge in [-0.1, -0.05) is 5.21 Å². The van der Waals surface area contributed by atoms with Crippen molar-refractivity contribution in [2.75, 3.05) is 0 Å². The predicted molar refractivity (Wildman–Crippen MR) is 43.4 cm³/mol. The van der Waals surface area contributed by atoms with Gasteiger partial charge in [0, 0.05) is 0 Å². The van der Waals surface area contributed by atoms with Crippen molar-refractivity contribution in [3.8, 4) is 0 Å². The predicted octanol–water partition coefficient (Wildman–Crippen LogP) is -2.01. The Kier molecular flexibility index (Phi) is 2.70. The van der Waals surface area contributed by atoms with E-state index in [9.17, 15) is 18.0 Å². The molecule has 0 bridgehead atoms. The second kappa shape index (κ2) is 3.65. The van der Waals surface area contributed by atoms with Gasteiger partial charge in [-0.25, -0.2) is 8.42 Å². The van der Waals surface area contributed by atoms with E-state index in [1.807, 2.05) is 0 Å². The standard InChI is InChI=1S/C5H5N3O6S/c9-4(10)3(5(11)12)15(13,14)8-2-1-6-7-8/h1-3H,(H,9,10)(H,11,12). The van der Waals surface area contributed by atoms with Gasteiger partial charge in [0.15, 0.2) is 0 Å². The highest BCUT2D eigenvalue weighted by Gasteiger charge is 2.41. The van der Waals surface area contributed by atoms with Crippen molar-refractivity contribution in [3.05, 3.63) is 12.4 Å². The van der Waals surface area contributed by atoms with Crippen LogP contribution in [0.2, 0.25) is 0 Å². The number of rotatable bonds is 4. The van der Waals surface area contributed by atoms with Gasteiger partial charge in [-0.05, 0) is 0 Å². The molecular weight excluding hydrogens is 230 g/mol. The molecule has 0 aliphatic carbocycles. The van der Waals surface area contributed by atoms with E-state index in [-0.39, 0.29) is 4.09 Å². The molecule has 0 amide bonds. The number of hydrogen-bond donors (Lipinski definition) is 2. The van der Waals surface area contributed by atoms with Crippen molar-refractivity contribution < 1.29 is 28.2 Å². The first-order chi connectivity index (χ1) is 6.87. The van der Waals surface area contributed by atoms with Crippen LogP contribution in [0, 0.1) is 0 Å². The van der Waals surface area contributed by atoms with E-state index < -0.39 is 27.2 Å². The molecule has 1 aromatic heterocycles. The van der Waals surface area contributed by atoms with Gasteiger partial charge in [0.25, 0.3) is 15.3 Å². The maximum Gasteiger partial charge on any atom is 0.335 e. The molecule has 0 saturated heterocycles. The number of carboxylic acid groups (broad SMARTS) is 2. The summed E-state index contributed by atoms with van der Waals surface area (Å²) in [4.78, 5) is 20.9. The number of nitrogens with zero attached hydrogens (tertiary/aromatic N) is 3. The summed E-state index contributed by atoms with van der Waals surface area (Å²) < 4.78 is 22.9. The Balaban J connectivity index is 3.26. The molecule has 82 valence electrons. The van der Waals surface area contributed by atoms with Crippen LogP contribution in [0.25, 0.3) is 0 Å². The molecule has 0 aromatic carbocycles. The third-order valence-corrected chi connectivity index (χ3v) is 3.12. The highest BCUT2D eigenvalue weighted by molar-refractivity contribution is 7.92. The minimum absolute atomic E-state index is 0.194. The highest BCUT2D eigenvalue weighted by Crippen LogP contribution is 2.05. The number of aromatic nitrogens is 3. The monoisotopic (exact) mass is 235 g/mol. The van der Waals surface area contributed by atoms with Crippen LogP contribution in [0.1, 0.15) is 0 Å². The average molecular weight is 235 g/mol. The van der Waals surface area contributed by atoms with Crippen molar-refractivity contribution >= 4 is 22.0 Å². The average Bonchev–Trinajstić information content (AvgIpc) is 2.52. The molecule has 9 nitrogen and oxygen atoms in total. The zero-order chi connectivity index (χ0) is 11.6. The lowest BCUT2D eigenvalue weighted by Gasteiger charge is -2.07. The van der Waals surface area contributed by atoms with Crippen LogP contribution in [-0.2, 0) is 19.6 Å². The van der Waals surface area contributed by atoms with Crippen LogP contribution in [-0.4, -0.2) is 50.2 Å². The molecule has 0 spiro atoms. The molecule has 1 rings (SSSR count). The van der Waals surface area contributed by atoms with Gasteiger partial charge in [0.1, 0.15) is 0 Å². The lowest BCUT2D eigenvalue weighted by atomic mass is 10.4. The van der Waals surface area contributed by atoms with Crippen molar-refractivity contribution in [2.45, 2.75) is 5.25 Å². The van der Waals surface area contributed by atoms with Crippen LogP contribution in [0.3, 0.4) is 0 Å². The van der Waals surface area contributed by atoms with Gasteiger partial charge in [0.05, 0.1) is 12.4 Å². The molecule has 1 heterocycles.